The zero-order valence-corrected chi connectivity index (χ0v) is 24.7. The fourth-order valence-electron chi connectivity index (χ4n) is 7.11. The quantitative estimate of drug-likeness (QED) is 0.207. The van der Waals surface area contributed by atoms with Crippen molar-refractivity contribution in [1.82, 2.24) is 14.5 Å². The number of rotatable bonds is 3. The molecule has 7 aromatic carbocycles. The van der Waals surface area contributed by atoms with Crippen LogP contribution in [0.15, 0.2) is 156 Å². The summed E-state index contributed by atoms with van der Waals surface area (Å²) in [6.07, 6.45) is 0. The van der Waals surface area contributed by atoms with E-state index in [1.54, 1.807) is 0 Å². The molecule has 3 heterocycles. The van der Waals surface area contributed by atoms with E-state index in [4.69, 9.17) is 14.4 Å². The number of para-hydroxylation sites is 2. The molecule has 10 aromatic rings. The molecule has 0 aliphatic rings. The van der Waals surface area contributed by atoms with Crippen LogP contribution in [0.3, 0.4) is 0 Å². The van der Waals surface area contributed by atoms with Crippen LogP contribution in [0.25, 0.3) is 93.8 Å². The van der Waals surface area contributed by atoms with Crippen LogP contribution in [0.4, 0.5) is 0 Å². The summed E-state index contributed by atoms with van der Waals surface area (Å²) in [5, 5.41) is 7.82. The molecule has 214 valence electrons. The molecule has 0 fully saturated rings. The molecule has 4 heteroatoms. The summed E-state index contributed by atoms with van der Waals surface area (Å²) in [7, 11) is 0. The molecule has 46 heavy (non-hydrogen) atoms. The van der Waals surface area contributed by atoms with Gasteiger partial charge in [-0.15, -0.1) is 0 Å². The third-order valence-electron chi connectivity index (χ3n) is 9.20. The van der Waals surface area contributed by atoms with Crippen LogP contribution in [0.2, 0.25) is 0 Å². The predicted molar refractivity (Wildman–Crippen MR) is 190 cm³/mol. The zero-order valence-electron chi connectivity index (χ0n) is 24.7. The van der Waals surface area contributed by atoms with Crippen LogP contribution >= 0.6 is 0 Å². The minimum absolute atomic E-state index is 0.620. The fraction of sp³-hybridized carbons (Fsp3) is 0. The average molecular weight is 588 g/mol. The molecule has 0 aliphatic carbocycles. The molecule has 0 atom stereocenters. The summed E-state index contributed by atoms with van der Waals surface area (Å²) in [5.74, 6) is 0.620. The van der Waals surface area contributed by atoms with Crippen LogP contribution in [-0.4, -0.2) is 14.5 Å². The van der Waals surface area contributed by atoms with E-state index in [0.717, 1.165) is 65.9 Å². The van der Waals surface area contributed by atoms with Gasteiger partial charge in [-0.3, -0.25) is 4.57 Å². The summed E-state index contributed by atoms with van der Waals surface area (Å²) in [4.78, 5) is 10.4. The van der Waals surface area contributed by atoms with Crippen LogP contribution in [0, 0.1) is 0 Å². The van der Waals surface area contributed by atoms with Gasteiger partial charge in [-0.1, -0.05) is 121 Å². The molecule has 0 bridgehead atoms. The molecular formula is C42H25N3O. The van der Waals surface area contributed by atoms with Gasteiger partial charge in [0.2, 0.25) is 5.95 Å². The first-order chi connectivity index (χ1) is 22.8. The van der Waals surface area contributed by atoms with E-state index in [2.05, 4.69) is 138 Å². The van der Waals surface area contributed by atoms with Gasteiger partial charge in [0, 0.05) is 32.5 Å². The van der Waals surface area contributed by atoms with Crippen molar-refractivity contribution in [1.29, 1.82) is 0 Å². The Labute approximate surface area is 263 Å². The fourth-order valence-corrected chi connectivity index (χ4v) is 7.11. The van der Waals surface area contributed by atoms with E-state index < -0.39 is 0 Å². The van der Waals surface area contributed by atoms with E-state index in [0.29, 0.717) is 5.95 Å². The maximum atomic E-state index is 6.81. The van der Waals surface area contributed by atoms with Gasteiger partial charge in [-0.05, 0) is 52.2 Å². The number of fused-ring (bicyclic) bond motifs is 10. The smallest absolute Gasteiger partial charge is 0.235 e. The Bertz CT molecular complexity index is 2790. The first kappa shape index (κ1) is 25.1. The molecule has 0 saturated heterocycles. The lowest BCUT2D eigenvalue weighted by atomic mass is 9.98. The topological polar surface area (TPSA) is 43.9 Å². The molecule has 0 unspecified atom stereocenters. The summed E-state index contributed by atoms with van der Waals surface area (Å²) >= 11 is 0. The second-order valence-corrected chi connectivity index (χ2v) is 11.8. The molecule has 4 nitrogen and oxygen atoms in total. The molecule has 3 aromatic heterocycles. The van der Waals surface area contributed by atoms with Crippen molar-refractivity contribution >= 4 is 65.4 Å². The zero-order chi connectivity index (χ0) is 30.2. The summed E-state index contributed by atoms with van der Waals surface area (Å²) in [6.45, 7) is 0. The summed E-state index contributed by atoms with van der Waals surface area (Å²) in [5.41, 5.74) is 8.97. The van der Waals surface area contributed by atoms with Gasteiger partial charge in [0.05, 0.1) is 16.7 Å². The van der Waals surface area contributed by atoms with Gasteiger partial charge in [-0.2, -0.15) is 0 Å². The van der Waals surface area contributed by atoms with Gasteiger partial charge in [0.15, 0.2) is 5.58 Å². The summed E-state index contributed by atoms with van der Waals surface area (Å²) in [6, 6.07) is 53.0. The average Bonchev–Trinajstić information content (AvgIpc) is 3.68. The number of hydrogen-bond acceptors (Lipinski definition) is 3. The van der Waals surface area contributed by atoms with Crippen molar-refractivity contribution < 1.29 is 4.42 Å². The highest BCUT2D eigenvalue weighted by molar-refractivity contribution is 6.26. The van der Waals surface area contributed by atoms with Gasteiger partial charge in [0.1, 0.15) is 11.1 Å². The van der Waals surface area contributed by atoms with Crippen molar-refractivity contribution in [3.63, 3.8) is 0 Å². The Hall–Kier alpha value is -6.26. The van der Waals surface area contributed by atoms with Gasteiger partial charge >= 0.3 is 0 Å². The molecule has 0 saturated carbocycles. The Balaban J connectivity index is 1.30. The molecule has 0 amide bonds. The van der Waals surface area contributed by atoms with Crippen LogP contribution in [0.1, 0.15) is 0 Å². The van der Waals surface area contributed by atoms with Crippen molar-refractivity contribution in [2.45, 2.75) is 0 Å². The molecule has 0 spiro atoms. The SMILES string of the molecule is c1ccc(-c2ccc3c(ccc4oc5c(ccc6c7ccccc7n(-c7nc(-c8ccccc8)c8ccccc8n7)c65)c43)c2)cc1. The number of hydrogen-bond donors (Lipinski definition) is 0. The van der Waals surface area contributed by atoms with Gasteiger partial charge in [0.25, 0.3) is 0 Å². The Morgan fingerprint density at radius 3 is 2.02 bits per heavy atom. The van der Waals surface area contributed by atoms with Crippen molar-refractivity contribution in [3.05, 3.63) is 152 Å². The number of aromatic nitrogens is 3. The Morgan fingerprint density at radius 2 is 1.17 bits per heavy atom. The maximum Gasteiger partial charge on any atom is 0.235 e. The standard InChI is InChI=1S/C42H25N3O/c1-3-11-26(12-4-1)28-19-21-30-29(25-28)20-24-37-38(30)34-23-22-32-31-15-8-10-18-36(31)45(40(32)41(34)46-37)42-43-35-17-9-7-16-33(35)39(44-42)27-13-5-2-6-14-27/h1-25H. The second-order valence-electron chi connectivity index (χ2n) is 11.8. The predicted octanol–water partition coefficient (Wildman–Crippen LogP) is 11.1. The maximum absolute atomic E-state index is 6.81. The largest absolute Gasteiger partial charge is 0.454 e. The summed E-state index contributed by atoms with van der Waals surface area (Å²) < 4.78 is 8.99. The lowest BCUT2D eigenvalue weighted by Crippen LogP contribution is -2.03. The first-order valence-electron chi connectivity index (χ1n) is 15.5. The first-order valence-corrected chi connectivity index (χ1v) is 15.5. The lowest BCUT2D eigenvalue weighted by molar-refractivity contribution is 0.671. The van der Waals surface area contributed by atoms with E-state index in [1.165, 1.54) is 21.9 Å². The normalized spacial score (nSPS) is 11.9. The van der Waals surface area contributed by atoms with Crippen LogP contribution < -0.4 is 0 Å². The number of nitrogens with zero attached hydrogens (tertiary/aromatic N) is 3. The van der Waals surface area contributed by atoms with Crippen LogP contribution in [-0.2, 0) is 0 Å². The minimum Gasteiger partial charge on any atom is -0.454 e. The third kappa shape index (κ3) is 3.61. The van der Waals surface area contributed by atoms with Crippen LogP contribution in [0.5, 0.6) is 0 Å². The molecule has 0 radical (unpaired) electrons. The Morgan fingerprint density at radius 1 is 0.478 bits per heavy atom. The van der Waals surface area contributed by atoms with E-state index in [9.17, 15) is 0 Å². The highest BCUT2D eigenvalue weighted by atomic mass is 16.3. The van der Waals surface area contributed by atoms with E-state index >= 15 is 0 Å². The number of furan rings is 1. The van der Waals surface area contributed by atoms with Gasteiger partial charge < -0.3 is 4.42 Å². The lowest BCUT2D eigenvalue weighted by Gasteiger charge is -2.11. The Kier molecular flexibility index (Phi) is 5.25. The highest BCUT2D eigenvalue weighted by Crippen LogP contribution is 2.42. The third-order valence-corrected chi connectivity index (χ3v) is 9.20. The number of benzene rings is 7. The molecule has 10 rings (SSSR count). The van der Waals surface area contributed by atoms with Crippen molar-refractivity contribution in [3.8, 4) is 28.3 Å². The monoisotopic (exact) mass is 587 g/mol. The van der Waals surface area contributed by atoms with E-state index in [-0.39, 0.29) is 0 Å². The minimum atomic E-state index is 0.620. The highest BCUT2D eigenvalue weighted by Gasteiger charge is 2.22. The van der Waals surface area contributed by atoms with Crippen molar-refractivity contribution in [2.24, 2.45) is 0 Å². The van der Waals surface area contributed by atoms with Gasteiger partial charge in [-0.25, -0.2) is 9.97 Å². The molecular weight excluding hydrogens is 562 g/mol. The van der Waals surface area contributed by atoms with Crippen molar-refractivity contribution in [2.75, 3.05) is 0 Å². The molecule has 0 aliphatic heterocycles. The van der Waals surface area contributed by atoms with E-state index in [1.807, 2.05) is 18.2 Å². The second kappa shape index (κ2) is 9.62. The molecule has 0 N–H and O–H groups in total.